The third-order valence-corrected chi connectivity index (χ3v) is 5.46. The monoisotopic (exact) mass is 372 g/mol. The van der Waals surface area contributed by atoms with Gasteiger partial charge in [0.15, 0.2) is 5.82 Å². The second-order valence-corrected chi connectivity index (χ2v) is 7.25. The van der Waals surface area contributed by atoms with E-state index in [4.69, 9.17) is 19.4 Å². The Hall–Kier alpha value is -2.09. The van der Waals surface area contributed by atoms with Gasteiger partial charge in [-0.2, -0.15) is 0 Å². The fourth-order valence-corrected chi connectivity index (χ4v) is 3.83. The molecule has 3 aromatic rings. The van der Waals surface area contributed by atoms with Gasteiger partial charge in [-0.15, -0.1) is 11.3 Å². The van der Waals surface area contributed by atoms with Crippen molar-refractivity contribution in [1.29, 1.82) is 0 Å². The highest BCUT2D eigenvalue weighted by atomic mass is 32.1. The third-order valence-electron chi connectivity index (χ3n) is 4.36. The van der Waals surface area contributed by atoms with Gasteiger partial charge in [-0.05, 0) is 31.5 Å². The molecule has 0 aliphatic carbocycles. The maximum absolute atomic E-state index is 5.30. The van der Waals surface area contributed by atoms with Crippen molar-refractivity contribution in [3.8, 4) is 11.4 Å². The van der Waals surface area contributed by atoms with Crippen LogP contribution in [0.15, 0.2) is 24.5 Å². The predicted molar refractivity (Wildman–Crippen MR) is 106 cm³/mol. The topological polar surface area (TPSA) is 60.4 Å². The third kappa shape index (κ3) is 3.85. The van der Waals surface area contributed by atoms with Crippen molar-refractivity contribution in [2.75, 3.05) is 45.4 Å². The first kappa shape index (κ1) is 18.7. The molecule has 0 saturated carbocycles. The molecule has 7 heteroatoms. The maximum Gasteiger partial charge on any atom is 0.164 e. The number of nitrogens with zero attached hydrogens (tertiary/aromatic N) is 4. The second kappa shape index (κ2) is 8.53. The Kier molecular flexibility index (Phi) is 6.13. The average Bonchev–Trinajstić information content (AvgIpc) is 2.96. The summed E-state index contributed by atoms with van der Waals surface area (Å²) in [5.74, 6) is 1.63. The summed E-state index contributed by atoms with van der Waals surface area (Å²) in [6.45, 7) is 7.00. The highest BCUT2D eigenvalue weighted by Crippen LogP contribution is 2.36. The largest absolute Gasteiger partial charge is 0.383 e. The van der Waals surface area contributed by atoms with Crippen LogP contribution < -0.4 is 4.90 Å². The first-order valence-corrected chi connectivity index (χ1v) is 9.38. The Bertz CT molecular complexity index is 859. The number of hydrogen-bond donors (Lipinski definition) is 0. The van der Waals surface area contributed by atoms with Gasteiger partial charge in [0.1, 0.15) is 10.6 Å². The number of aryl methyl sites for hydroxylation is 2. The molecular weight excluding hydrogens is 348 g/mol. The van der Waals surface area contributed by atoms with Crippen molar-refractivity contribution in [2.24, 2.45) is 0 Å². The van der Waals surface area contributed by atoms with Gasteiger partial charge >= 0.3 is 0 Å². The maximum atomic E-state index is 5.30. The molecule has 138 valence electrons. The summed E-state index contributed by atoms with van der Waals surface area (Å²) in [5, 5.41) is 1.12. The van der Waals surface area contributed by atoms with E-state index in [1.165, 1.54) is 10.4 Å². The first-order valence-electron chi connectivity index (χ1n) is 8.56. The summed E-state index contributed by atoms with van der Waals surface area (Å²) in [7, 11) is 3.43. The van der Waals surface area contributed by atoms with Crippen LogP contribution >= 0.6 is 11.3 Å². The number of aromatic nitrogens is 3. The lowest BCUT2D eigenvalue weighted by atomic mass is 10.2. The van der Waals surface area contributed by atoms with Crippen LogP contribution in [0.5, 0.6) is 0 Å². The number of methoxy groups -OCH3 is 2. The Morgan fingerprint density at radius 3 is 2.42 bits per heavy atom. The molecule has 0 unspecified atom stereocenters. The van der Waals surface area contributed by atoms with E-state index in [-0.39, 0.29) is 0 Å². The molecule has 0 spiro atoms. The van der Waals surface area contributed by atoms with Crippen LogP contribution in [-0.2, 0) is 9.47 Å². The van der Waals surface area contributed by atoms with Gasteiger partial charge in [0.25, 0.3) is 0 Å². The van der Waals surface area contributed by atoms with Crippen LogP contribution in [0.4, 0.5) is 5.82 Å². The van der Waals surface area contributed by atoms with Crippen molar-refractivity contribution >= 4 is 27.4 Å². The number of ether oxygens (including phenoxy) is 2. The number of hydrogen-bond acceptors (Lipinski definition) is 7. The standard InChI is InChI=1S/C19H24N4O2S/c1-13-14(2)26-19-16(13)18(23(8-10-24-3)9-11-25-4)21-17(22-19)15-6-5-7-20-12-15/h5-7,12H,8-11H2,1-4H3. The summed E-state index contributed by atoms with van der Waals surface area (Å²) in [4.78, 5) is 18.4. The van der Waals surface area contributed by atoms with E-state index in [0.717, 1.165) is 34.7 Å². The van der Waals surface area contributed by atoms with Crippen LogP contribution in [0.1, 0.15) is 10.4 Å². The van der Waals surface area contributed by atoms with Crippen LogP contribution in [-0.4, -0.2) is 55.5 Å². The number of rotatable bonds is 8. The second-order valence-electron chi connectivity index (χ2n) is 6.05. The van der Waals surface area contributed by atoms with Crippen molar-refractivity contribution in [2.45, 2.75) is 13.8 Å². The summed E-state index contributed by atoms with van der Waals surface area (Å²) >= 11 is 1.71. The van der Waals surface area contributed by atoms with Gasteiger partial charge in [0.05, 0.1) is 18.6 Å². The molecule has 0 saturated heterocycles. The summed E-state index contributed by atoms with van der Waals surface area (Å²) in [6.07, 6.45) is 3.55. The van der Waals surface area contributed by atoms with Gasteiger partial charge in [0.2, 0.25) is 0 Å². The molecule has 0 fully saturated rings. The van der Waals surface area contributed by atoms with E-state index in [2.05, 4.69) is 23.7 Å². The highest BCUT2D eigenvalue weighted by molar-refractivity contribution is 7.18. The zero-order chi connectivity index (χ0) is 18.5. The van der Waals surface area contributed by atoms with E-state index < -0.39 is 0 Å². The van der Waals surface area contributed by atoms with Crippen molar-refractivity contribution in [1.82, 2.24) is 15.0 Å². The minimum Gasteiger partial charge on any atom is -0.383 e. The molecule has 6 nitrogen and oxygen atoms in total. The molecule has 26 heavy (non-hydrogen) atoms. The minimum atomic E-state index is 0.625. The molecule has 0 bridgehead atoms. The van der Waals surface area contributed by atoms with Crippen molar-refractivity contribution < 1.29 is 9.47 Å². The van der Waals surface area contributed by atoms with E-state index in [1.807, 2.05) is 12.1 Å². The first-order chi connectivity index (χ1) is 12.7. The quantitative estimate of drug-likeness (QED) is 0.603. The van der Waals surface area contributed by atoms with Crippen molar-refractivity contribution in [3.05, 3.63) is 35.0 Å². The summed E-state index contributed by atoms with van der Waals surface area (Å²) < 4.78 is 10.6. The van der Waals surface area contributed by atoms with E-state index in [9.17, 15) is 0 Å². The Morgan fingerprint density at radius 2 is 1.81 bits per heavy atom. The van der Waals surface area contributed by atoms with E-state index >= 15 is 0 Å². The molecule has 0 N–H and O–H groups in total. The highest BCUT2D eigenvalue weighted by Gasteiger charge is 2.20. The lowest BCUT2D eigenvalue weighted by molar-refractivity contribution is 0.190. The van der Waals surface area contributed by atoms with Gasteiger partial charge in [-0.25, -0.2) is 9.97 Å². The SMILES string of the molecule is COCCN(CCOC)c1nc(-c2cccnc2)nc2sc(C)c(C)c12. The van der Waals surface area contributed by atoms with Crippen LogP contribution in [0.3, 0.4) is 0 Å². The smallest absolute Gasteiger partial charge is 0.164 e. The Balaban J connectivity index is 2.16. The van der Waals surface area contributed by atoms with Crippen LogP contribution in [0.25, 0.3) is 21.6 Å². The number of fused-ring (bicyclic) bond motifs is 1. The molecule has 3 rings (SSSR count). The van der Waals surface area contributed by atoms with E-state index in [1.54, 1.807) is 38.0 Å². The van der Waals surface area contributed by atoms with Gasteiger partial charge in [0, 0.05) is 50.1 Å². The van der Waals surface area contributed by atoms with Crippen molar-refractivity contribution in [3.63, 3.8) is 0 Å². The predicted octanol–water partition coefficient (Wildman–Crippen LogP) is 3.47. The van der Waals surface area contributed by atoms with Crippen LogP contribution in [0, 0.1) is 13.8 Å². The zero-order valence-corrected chi connectivity index (χ0v) is 16.5. The minimum absolute atomic E-state index is 0.625. The molecule has 3 aromatic heterocycles. The molecule has 0 radical (unpaired) electrons. The van der Waals surface area contributed by atoms with Gasteiger partial charge < -0.3 is 14.4 Å². The van der Waals surface area contributed by atoms with Gasteiger partial charge in [-0.1, -0.05) is 0 Å². The summed E-state index contributed by atoms with van der Waals surface area (Å²) in [6, 6.07) is 3.89. The zero-order valence-electron chi connectivity index (χ0n) is 15.7. The van der Waals surface area contributed by atoms with Gasteiger partial charge in [-0.3, -0.25) is 4.98 Å². The lowest BCUT2D eigenvalue weighted by Gasteiger charge is -2.24. The number of anilines is 1. The molecular formula is C19H24N4O2S. The Morgan fingerprint density at radius 1 is 1.08 bits per heavy atom. The fraction of sp³-hybridized carbons (Fsp3) is 0.421. The molecule has 0 amide bonds. The van der Waals surface area contributed by atoms with E-state index in [0.29, 0.717) is 19.0 Å². The molecule has 0 aliphatic rings. The average molecular weight is 372 g/mol. The molecule has 3 heterocycles. The summed E-state index contributed by atoms with van der Waals surface area (Å²) in [5.41, 5.74) is 2.15. The fourth-order valence-electron chi connectivity index (χ4n) is 2.81. The lowest BCUT2D eigenvalue weighted by Crippen LogP contribution is -2.31. The number of thiophene rings is 1. The normalized spacial score (nSPS) is 11.2. The molecule has 0 atom stereocenters. The number of pyridine rings is 1. The Labute approximate surface area is 157 Å². The molecule has 0 aromatic carbocycles. The van der Waals surface area contributed by atoms with Crippen LogP contribution in [0.2, 0.25) is 0 Å². The molecule has 0 aliphatic heterocycles.